The third kappa shape index (κ3) is 2.86. The average Bonchev–Trinajstić information content (AvgIpc) is 2.90. The lowest BCUT2D eigenvalue weighted by Gasteiger charge is -2.11. The molecule has 0 aliphatic carbocycles. The van der Waals surface area contributed by atoms with E-state index in [0.717, 1.165) is 22.8 Å². The summed E-state index contributed by atoms with van der Waals surface area (Å²) in [6, 6.07) is 11.5. The maximum atomic E-state index is 11.9. The number of hydrogen-bond donors (Lipinski definition) is 1. The molecule has 0 aliphatic heterocycles. The molecule has 0 aliphatic rings. The second-order valence-electron chi connectivity index (χ2n) is 5.33. The van der Waals surface area contributed by atoms with E-state index in [2.05, 4.69) is 15.4 Å². The van der Waals surface area contributed by atoms with Crippen LogP contribution < -0.4 is 5.32 Å². The predicted octanol–water partition coefficient (Wildman–Crippen LogP) is 3.41. The first-order valence-electron chi connectivity index (χ1n) is 7.53. The Morgan fingerprint density at radius 1 is 1.17 bits per heavy atom. The van der Waals surface area contributed by atoms with Crippen LogP contribution in [0, 0.1) is 13.8 Å². The third-order valence-electron chi connectivity index (χ3n) is 3.78. The number of aromatic nitrogens is 3. The monoisotopic (exact) mass is 322 g/mol. The van der Waals surface area contributed by atoms with Gasteiger partial charge in [-0.15, -0.1) is 0 Å². The van der Waals surface area contributed by atoms with Crippen molar-refractivity contribution in [2.45, 2.75) is 13.8 Å². The van der Waals surface area contributed by atoms with Gasteiger partial charge in [0.2, 0.25) is 0 Å². The van der Waals surface area contributed by atoms with E-state index in [-0.39, 0.29) is 0 Å². The van der Waals surface area contributed by atoms with Crippen molar-refractivity contribution in [2.24, 2.45) is 0 Å². The van der Waals surface area contributed by atoms with Crippen LogP contribution in [0.5, 0.6) is 0 Å². The van der Waals surface area contributed by atoms with Crippen LogP contribution in [-0.4, -0.2) is 27.8 Å². The van der Waals surface area contributed by atoms with Crippen molar-refractivity contribution in [1.82, 2.24) is 14.8 Å². The molecule has 0 radical (unpaired) electrons. The van der Waals surface area contributed by atoms with Gasteiger partial charge in [0.1, 0.15) is 0 Å². The largest absolute Gasteiger partial charge is 0.465 e. The van der Waals surface area contributed by atoms with Crippen molar-refractivity contribution < 1.29 is 9.53 Å². The minimum atomic E-state index is -0.411. The van der Waals surface area contributed by atoms with Crippen molar-refractivity contribution in [1.29, 1.82) is 0 Å². The number of carbonyl (C=O) groups is 1. The van der Waals surface area contributed by atoms with Gasteiger partial charge in [-0.2, -0.15) is 5.10 Å². The SMILES string of the molecule is COC(=O)c1ccncc1Nc1c(C)nn(-c2ccccc2)c1C. The Morgan fingerprint density at radius 3 is 2.62 bits per heavy atom. The van der Waals surface area contributed by atoms with E-state index in [4.69, 9.17) is 4.74 Å². The molecule has 0 spiro atoms. The van der Waals surface area contributed by atoms with Crippen LogP contribution in [0.15, 0.2) is 48.8 Å². The quantitative estimate of drug-likeness (QED) is 0.745. The Kier molecular flexibility index (Phi) is 4.29. The number of para-hydroxylation sites is 1. The zero-order chi connectivity index (χ0) is 17.1. The van der Waals surface area contributed by atoms with Gasteiger partial charge in [0, 0.05) is 6.20 Å². The van der Waals surface area contributed by atoms with Crippen LogP contribution in [0.3, 0.4) is 0 Å². The van der Waals surface area contributed by atoms with Gasteiger partial charge >= 0.3 is 5.97 Å². The number of rotatable bonds is 4. The zero-order valence-corrected chi connectivity index (χ0v) is 13.8. The van der Waals surface area contributed by atoms with E-state index in [0.29, 0.717) is 11.3 Å². The maximum absolute atomic E-state index is 11.9. The molecule has 24 heavy (non-hydrogen) atoms. The summed E-state index contributed by atoms with van der Waals surface area (Å²) in [6.45, 7) is 3.90. The van der Waals surface area contributed by atoms with Crippen LogP contribution in [0.1, 0.15) is 21.7 Å². The van der Waals surface area contributed by atoms with E-state index in [1.165, 1.54) is 7.11 Å². The van der Waals surface area contributed by atoms with Crippen LogP contribution in [-0.2, 0) is 4.74 Å². The van der Waals surface area contributed by atoms with Gasteiger partial charge in [0.05, 0.1) is 47.3 Å². The Hall–Kier alpha value is -3.15. The Bertz CT molecular complexity index is 872. The molecule has 0 atom stereocenters. The molecule has 0 fully saturated rings. The van der Waals surface area contributed by atoms with Gasteiger partial charge in [-0.25, -0.2) is 9.48 Å². The number of aryl methyl sites for hydroxylation is 1. The normalized spacial score (nSPS) is 10.5. The number of anilines is 2. The number of ether oxygens (including phenoxy) is 1. The number of pyridine rings is 1. The molecule has 122 valence electrons. The summed E-state index contributed by atoms with van der Waals surface area (Å²) < 4.78 is 6.69. The summed E-state index contributed by atoms with van der Waals surface area (Å²) in [5, 5.41) is 7.86. The minimum Gasteiger partial charge on any atom is -0.465 e. The van der Waals surface area contributed by atoms with Crippen molar-refractivity contribution >= 4 is 17.3 Å². The summed E-state index contributed by atoms with van der Waals surface area (Å²) >= 11 is 0. The zero-order valence-electron chi connectivity index (χ0n) is 13.8. The highest BCUT2D eigenvalue weighted by Crippen LogP contribution is 2.27. The highest BCUT2D eigenvalue weighted by atomic mass is 16.5. The molecule has 0 saturated heterocycles. The fraction of sp³-hybridized carbons (Fsp3) is 0.167. The first kappa shape index (κ1) is 15.7. The standard InChI is InChI=1S/C18H18N4O2/c1-12-17(13(2)22(21-12)14-7-5-4-6-8-14)20-16-11-19-10-9-15(16)18(23)24-3/h4-11,20H,1-3H3. The summed E-state index contributed by atoms with van der Waals surface area (Å²) in [4.78, 5) is 16.0. The average molecular weight is 322 g/mol. The summed E-state index contributed by atoms with van der Waals surface area (Å²) in [5.74, 6) is -0.411. The molecule has 0 amide bonds. The highest BCUT2D eigenvalue weighted by Gasteiger charge is 2.17. The second kappa shape index (κ2) is 6.54. The van der Waals surface area contributed by atoms with Crippen LogP contribution in [0.4, 0.5) is 11.4 Å². The lowest BCUT2D eigenvalue weighted by atomic mass is 10.2. The molecule has 1 aromatic carbocycles. The van der Waals surface area contributed by atoms with Gasteiger partial charge in [-0.05, 0) is 32.0 Å². The molecule has 2 aromatic heterocycles. The number of esters is 1. The van der Waals surface area contributed by atoms with E-state index >= 15 is 0 Å². The number of benzene rings is 1. The smallest absolute Gasteiger partial charge is 0.340 e. The first-order valence-corrected chi connectivity index (χ1v) is 7.53. The molecule has 6 heteroatoms. The fourth-order valence-electron chi connectivity index (χ4n) is 2.56. The Labute approximate surface area is 140 Å². The molecule has 1 N–H and O–H groups in total. The number of hydrogen-bond acceptors (Lipinski definition) is 5. The third-order valence-corrected chi connectivity index (χ3v) is 3.78. The summed E-state index contributed by atoms with van der Waals surface area (Å²) in [7, 11) is 1.36. The number of nitrogens with one attached hydrogen (secondary N) is 1. The highest BCUT2D eigenvalue weighted by molar-refractivity contribution is 5.96. The Balaban J connectivity index is 2.01. The summed E-state index contributed by atoms with van der Waals surface area (Å²) in [6.07, 6.45) is 3.16. The van der Waals surface area contributed by atoms with Crippen molar-refractivity contribution in [3.05, 3.63) is 65.7 Å². The molecule has 0 bridgehead atoms. The van der Waals surface area contributed by atoms with E-state index < -0.39 is 5.97 Å². The van der Waals surface area contributed by atoms with Gasteiger partial charge in [-0.1, -0.05) is 18.2 Å². The fourth-order valence-corrected chi connectivity index (χ4v) is 2.56. The predicted molar refractivity (Wildman–Crippen MR) is 91.9 cm³/mol. The maximum Gasteiger partial charge on any atom is 0.340 e. The minimum absolute atomic E-state index is 0.411. The van der Waals surface area contributed by atoms with E-state index in [1.807, 2.05) is 48.9 Å². The van der Waals surface area contributed by atoms with Gasteiger partial charge in [0.15, 0.2) is 0 Å². The molecule has 0 unspecified atom stereocenters. The lowest BCUT2D eigenvalue weighted by molar-refractivity contribution is 0.0602. The van der Waals surface area contributed by atoms with E-state index in [1.54, 1.807) is 18.5 Å². The first-order chi connectivity index (χ1) is 11.6. The Morgan fingerprint density at radius 2 is 1.92 bits per heavy atom. The number of nitrogens with zero attached hydrogens (tertiary/aromatic N) is 3. The molecular formula is C18H18N4O2. The topological polar surface area (TPSA) is 69.0 Å². The van der Waals surface area contributed by atoms with Crippen molar-refractivity contribution in [2.75, 3.05) is 12.4 Å². The lowest BCUT2D eigenvalue weighted by Crippen LogP contribution is -2.06. The van der Waals surface area contributed by atoms with Crippen LogP contribution in [0.25, 0.3) is 5.69 Å². The summed E-state index contributed by atoms with van der Waals surface area (Å²) in [5.41, 5.74) is 4.61. The molecule has 3 aromatic rings. The van der Waals surface area contributed by atoms with E-state index in [9.17, 15) is 4.79 Å². The van der Waals surface area contributed by atoms with Gasteiger partial charge in [0.25, 0.3) is 0 Å². The second-order valence-corrected chi connectivity index (χ2v) is 5.33. The number of carbonyl (C=O) groups excluding carboxylic acids is 1. The molecule has 2 heterocycles. The molecule has 0 saturated carbocycles. The number of methoxy groups -OCH3 is 1. The van der Waals surface area contributed by atoms with Crippen LogP contribution >= 0.6 is 0 Å². The van der Waals surface area contributed by atoms with Crippen LogP contribution in [0.2, 0.25) is 0 Å². The van der Waals surface area contributed by atoms with Gasteiger partial charge in [-0.3, -0.25) is 4.98 Å². The molecule has 3 rings (SSSR count). The van der Waals surface area contributed by atoms with Crippen molar-refractivity contribution in [3.8, 4) is 5.69 Å². The van der Waals surface area contributed by atoms with Gasteiger partial charge < -0.3 is 10.1 Å². The van der Waals surface area contributed by atoms with Crippen molar-refractivity contribution in [3.63, 3.8) is 0 Å². The molecule has 6 nitrogen and oxygen atoms in total. The molecular weight excluding hydrogens is 304 g/mol.